The topological polar surface area (TPSA) is 6.48 Å². The van der Waals surface area contributed by atoms with E-state index in [9.17, 15) is 13.2 Å². The third-order valence-electron chi connectivity index (χ3n) is 6.20. The predicted molar refractivity (Wildman–Crippen MR) is 118 cm³/mol. The van der Waals surface area contributed by atoms with Gasteiger partial charge in [-0.05, 0) is 29.8 Å². The molecule has 0 bridgehead atoms. The molecule has 0 unspecified atom stereocenters. The first kappa shape index (κ1) is 21.6. The molecule has 1 aliphatic rings. The van der Waals surface area contributed by atoms with E-state index >= 15 is 0 Å². The molecule has 0 radical (unpaired) electrons. The zero-order valence-corrected chi connectivity index (χ0v) is 17.6. The number of alkyl halides is 3. The van der Waals surface area contributed by atoms with E-state index in [4.69, 9.17) is 0 Å². The number of hydrogen-bond donors (Lipinski definition) is 0. The highest BCUT2D eigenvalue weighted by molar-refractivity contribution is 5.35. The molecule has 0 saturated carbocycles. The number of piperazine rings is 1. The summed E-state index contributed by atoms with van der Waals surface area (Å²) in [6.07, 6.45) is -4.33. The monoisotopic (exact) mass is 424 g/mol. The third-order valence-corrected chi connectivity index (χ3v) is 6.20. The van der Waals surface area contributed by atoms with Gasteiger partial charge in [-0.25, -0.2) is 0 Å². The van der Waals surface area contributed by atoms with Crippen LogP contribution in [0.4, 0.5) is 13.2 Å². The summed E-state index contributed by atoms with van der Waals surface area (Å²) in [5, 5.41) is 0. The Labute approximate surface area is 181 Å². The lowest BCUT2D eigenvalue weighted by atomic mass is 9.83. The molecular weight excluding hydrogens is 397 g/mol. The number of halogens is 3. The number of nitrogens with zero attached hydrogens (tertiary/aromatic N) is 2. The second-order valence-corrected chi connectivity index (χ2v) is 8.24. The summed E-state index contributed by atoms with van der Waals surface area (Å²) in [6, 6.07) is 26.9. The number of benzene rings is 3. The molecule has 1 aliphatic heterocycles. The lowest BCUT2D eigenvalue weighted by Gasteiger charge is -2.44. The minimum absolute atomic E-state index is 0.146. The molecule has 3 aromatic carbocycles. The highest BCUT2D eigenvalue weighted by Gasteiger charge is 2.36. The van der Waals surface area contributed by atoms with Gasteiger partial charge in [-0.1, -0.05) is 78.9 Å². The van der Waals surface area contributed by atoms with Crippen molar-refractivity contribution in [3.8, 4) is 0 Å². The quantitative estimate of drug-likeness (QED) is 0.522. The molecule has 0 aromatic heterocycles. The summed E-state index contributed by atoms with van der Waals surface area (Å²) in [6.45, 7) is 2.57. The van der Waals surface area contributed by atoms with Crippen molar-refractivity contribution in [3.05, 3.63) is 107 Å². The molecule has 0 N–H and O–H groups in total. The van der Waals surface area contributed by atoms with E-state index in [2.05, 4.69) is 41.1 Å². The summed E-state index contributed by atoms with van der Waals surface area (Å²) in [5.74, 6) is 0.146. The molecule has 1 fully saturated rings. The summed E-state index contributed by atoms with van der Waals surface area (Å²) >= 11 is 0. The Morgan fingerprint density at radius 1 is 0.806 bits per heavy atom. The van der Waals surface area contributed by atoms with Crippen LogP contribution in [-0.4, -0.2) is 42.5 Å². The van der Waals surface area contributed by atoms with Crippen LogP contribution < -0.4 is 0 Å². The van der Waals surface area contributed by atoms with Crippen LogP contribution in [0.5, 0.6) is 0 Å². The molecule has 31 heavy (non-hydrogen) atoms. The minimum atomic E-state index is -4.33. The van der Waals surface area contributed by atoms with Crippen LogP contribution in [0.15, 0.2) is 84.9 Å². The Morgan fingerprint density at radius 3 is 1.94 bits per heavy atom. The smallest absolute Gasteiger partial charge is 0.300 e. The first-order valence-corrected chi connectivity index (χ1v) is 10.6. The number of hydrogen-bond acceptors (Lipinski definition) is 2. The Balaban J connectivity index is 1.62. The van der Waals surface area contributed by atoms with Crippen LogP contribution in [0.1, 0.15) is 28.2 Å². The first-order valence-electron chi connectivity index (χ1n) is 10.6. The summed E-state index contributed by atoms with van der Waals surface area (Å²) in [4.78, 5) is 4.50. The van der Waals surface area contributed by atoms with E-state index in [0.717, 1.165) is 13.1 Å². The molecule has 162 valence electrons. The highest BCUT2D eigenvalue weighted by Crippen LogP contribution is 2.35. The zero-order chi connectivity index (χ0) is 21.8. The van der Waals surface area contributed by atoms with Crippen molar-refractivity contribution in [2.45, 2.75) is 24.7 Å². The average molecular weight is 425 g/mol. The van der Waals surface area contributed by atoms with Crippen molar-refractivity contribution in [3.63, 3.8) is 0 Å². The summed E-state index contributed by atoms with van der Waals surface area (Å²) < 4.78 is 40.5. The lowest BCUT2D eigenvalue weighted by molar-refractivity contribution is -0.138. The minimum Gasteiger partial charge on any atom is -0.300 e. The van der Waals surface area contributed by atoms with Gasteiger partial charge in [0.25, 0.3) is 0 Å². The molecule has 0 amide bonds. The maximum atomic E-state index is 13.5. The summed E-state index contributed by atoms with van der Waals surface area (Å²) in [7, 11) is 2.12. The fourth-order valence-electron chi connectivity index (χ4n) is 4.60. The van der Waals surface area contributed by atoms with Gasteiger partial charge in [-0.3, -0.25) is 9.80 Å². The maximum Gasteiger partial charge on any atom is 0.416 e. The molecule has 1 heterocycles. The largest absolute Gasteiger partial charge is 0.416 e. The van der Waals surface area contributed by atoms with E-state index in [1.165, 1.54) is 23.3 Å². The van der Waals surface area contributed by atoms with Crippen molar-refractivity contribution in [2.24, 2.45) is 0 Å². The van der Waals surface area contributed by atoms with Crippen molar-refractivity contribution in [1.82, 2.24) is 9.80 Å². The van der Waals surface area contributed by atoms with E-state index in [1.807, 2.05) is 36.4 Å². The molecule has 1 atom stereocenters. The fraction of sp³-hybridized carbons (Fsp3) is 0.308. The van der Waals surface area contributed by atoms with Gasteiger partial charge in [0.1, 0.15) is 0 Å². The van der Waals surface area contributed by atoms with Crippen LogP contribution in [0, 0.1) is 0 Å². The molecule has 5 heteroatoms. The van der Waals surface area contributed by atoms with Gasteiger partial charge in [0, 0.05) is 38.1 Å². The van der Waals surface area contributed by atoms with Gasteiger partial charge < -0.3 is 0 Å². The lowest BCUT2D eigenvalue weighted by Crippen LogP contribution is -2.53. The Hall–Kier alpha value is -2.63. The standard InChI is InChI=1S/C26H27F3N2/c1-30-16-17-31(18-22-14-8-9-15-23(22)26(27,28)29)19-24(30)25(20-10-4-2-5-11-20)21-12-6-3-7-13-21/h2-15,24-25H,16-19H2,1H3/t24-/m0/s1. The first-order chi connectivity index (χ1) is 14.9. The molecule has 0 spiro atoms. The maximum absolute atomic E-state index is 13.5. The molecule has 0 aliphatic carbocycles. The number of likely N-dealkylation sites (N-methyl/N-ethyl adjacent to an activating group) is 1. The van der Waals surface area contributed by atoms with E-state index in [0.29, 0.717) is 18.7 Å². The Kier molecular flexibility index (Phi) is 6.44. The average Bonchev–Trinajstić information content (AvgIpc) is 2.77. The molecule has 3 aromatic rings. The van der Waals surface area contributed by atoms with Gasteiger partial charge in [-0.2, -0.15) is 13.2 Å². The van der Waals surface area contributed by atoms with Crippen molar-refractivity contribution in [1.29, 1.82) is 0 Å². The molecule has 1 saturated heterocycles. The van der Waals surface area contributed by atoms with Crippen LogP contribution in [0.3, 0.4) is 0 Å². The zero-order valence-electron chi connectivity index (χ0n) is 17.6. The second-order valence-electron chi connectivity index (χ2n) is 8.24. The van der Waals surface area contributed by atoms with E-state index < -0.39 is 11.7 Å². The van der Waals surface area contributed by atoms with Gasteiger partial charge in [0.2, 0.25) is 0 Å². The van der Waals surface area contributed by atoms with Crippen LogP contribution >= 0.6 is 0 Å². The fourth-order valence-corrected chi connectivity index (χ4v) is 4.60. The van der Waals surface area contributed by atoms with Crippen molar-refractivity contribution < 1.29 is 13.2 Å². The number of rotatable bonds is 5. The van der Waals surface area contributed by atoms with Crippen molar-refractivity contribution >= 4 is 0 Å². The second kappa shape index (κ2) is 9.25. The van der Waals surface area contributed by atoms with Gasteiger partial charge >= 0.3 is 6.18 Å². The normalized spacial score (nSPS) is 18.4. The predicted octanol–water partition coefficient (Wildman–Crippen LogP) is 5.65. The molecular formula is C26H27F3N2. The van der Waals surface area contributed by atoms with E-state index in [-0.39, 0.29) is 12.0 Å². The van der Waals surface area contributed by atoms with Gasteiger partial charge in [-0.15, -0.1) is 0 Å². The SMILES string of the molecule is CN1CCN(Cc2ccccc2C(F)(F)F)C[C@H]1C(c1ccccc1)c1ccccc1. The molecule has 2 nitrogen and oxygen atoms in total. The molecule has 4 rings (SSSR count). The van der Waals surface area contributed by atoms with Gasteiger partial charge in [0.15, 0.2) is 0 Å². The third kappa shape index (κ3) is 5.00. The highest BCUT2D eigenvalue weighted by atomic mass is 19.4. The van der Waals surface area contributed by atoms with Gasteiger partial charge in [0.05, 0.1) is 5.56 Å². The Morgan fingerprint density at radius 2 is 1.35 bits per heavy atom. The van der Waals surface area contributed by atoms with E-state index in [1.54, 1.807) is 12.1 Å². The summed E-state index contributed by atoms with van der Waals surface area (Å²) in [5.41, 5.74) is 2.26. The van der Waals surface area contributed by atoms with Crippen LogP contribution in [0.2, 0.25) is 0 Å². The van der Waals surface area contributed by atoms with Crippen molar-refractivity contribution in [2.75, 3.05) is 26.7 Å². The van der Waals surface area contributed by atoms with Crippen LogP contribution in [-0.2, 0) is 12.7 Å². The Bertz CT molecular complexity index is 933. The van der Waals surface area contributed by atoms with Crippen LogP contribution in [0.25, 0.3) is 0 Å².